The average molecular weight is 227 g/mol. The molecular formula is C13H25NO2. The lowest BCUT2D eigenvalue weighted by Crippen LogP contribution is -2.41. The number of likely N-dealkylation sites (tertiary alicyclic amines) is 1. The molecule has 2 rings (SSSR count). The highest BCUT2D eigenvalue weighted by Crippen LogP contribution is 2.28. The summed E-state index contributed by atoms with van der Waals surface area (Å²) in [5.74, 6) is 1.23. The van der Waals surface area contributed by atoms with Gasteiger partial charge in [-0.05, 0) is 44.1 Å². The van der Waals surface area contributed by atoms with Gasteiger partial charge in [0.05, 0.1) is 12.7 Å². The SMILES string of the molecule is COCC1CCCN(CC2CCCC2O)C1. The summed E-state index contributed by atoms with van der Waals surface area (Å²) in [7, 11) is 1.79. The second-order valence-electron chi connectivity index (χ2n) is 5.48. The Bertz CT molecular complexity index is 208. The van der Waals surface area contributed by atoms with Crippen LogP contribution in [0.15, 0.2) is 0 Å². The zero-order chi connectivity index (χ0) is 11.4. The predicted molar refractivity (Wildman–Crippen MR) is 64.4 cm³/mol. The van der Waals surface area contributed by atoms with Crippen molar-refractivity contribution in [2.75, 3.05) is 33.4 Å². The predicted octanol–water partition coefficient (Wildman–Crippen LogP) is 1.51. The van der Waals surface area contributed by atoms with Crippen molar-refractivity contribution in [3.8, 4) is 0 Å². The normalized spacial score (nSPS) is 36.8. The van der Waals surface area contributed by atoms with E-state index in [0.29, 0.717) is 11.8 Å². The number of aliphatic hydroxyl groups is 1. The third kappa shape index (κ3) is 3.19. The van der Waals surface area contributed by atoms with Gasteiger partial charge in [0, 0.05) is 20.2 Å². The van der Waals surface area contributed by atoms with E-state index < -0.39 is 0 Å². The Morgan fingerprint density at radius 2 is 2.12 bits per heavy atom. The Hall–Kier alpha value is -0.120. The van der Waals surface area contributed by atoms with E-state index in [0.717, 1.165) is 26.1 Å². The zero-order valence-electron chi connectivity index (χ0n) is 10.4. The molecule has 1 N–H and O–H groups in total. The summed E-state index contributed by atoms with van der Waals surface area (Å²) in [5.41, 5.74) is 0. The molecule has 0 aromatic carbocycles. The van der Waals surface area contributed by atoms with Crippen LogP contribution in [0.2, 0.25) is 0 Å². The summed E-state index contributed by atoms with van der Waals surface area (Å²) < 4.78 is 5.24. The van der Waals surface area contributed by atoms with Gasteiger partial charge in [-0.25, -0.2) is 0 Å². The average Bonchev–Trinajstić information content (AvgIpc) is 2.66. The number of methoxy groups -OCH3 is 1. The van der Waals surface area contributed by atoms with Crippen molar-refractivity contribution in [2.24, 2.45) is 11.8 Å². The number of hydrogen-bond donors (Lipinski definition) is 1. The third-order valence-corrected chi connectivity index (χ3v) is 4.12. The lowest BCUT2D eigenvalue weighted by molar-refractivity contribution is 0.0593. The monoisotopic (exact) mass is 227 g/mol. The number of ether oxygens (including phenoxy) is 1. The molecule has 3 heteroatoms. The first-order valence-corrected chi connectivity index (χ1v) is 6.69. The molecule has 0 bridgehead atoms. The van der Waals surface area contributed by atoms with Crippen LogP contribution < -0.4 is 0 Å². The Morgan fingerprint density at radius 3 is 2.81 bits per heavy atom. The largest absolute Gasteiger partial charge is 0.393 e. The van der Waals surface area contributed by atoms with Crippen molar-refractivity contribution >= 4 is 0 Å². The molecule has 0 radical (unpaired) electrons. The fourth-order valence-electron chi connectivity index (χ4n) is 3.25. The van der Waals surface area contributed by atoms with Gasteiger partial charge in [-0.1, -0.05) is 6.42 Å². The number of rotatable bonds is 4. The summed E-state index contributed by atoms with van der Waals surface area (Å²) in [6, 6.07) is 0. The Balaban J connectivity index is 1.76. The van der Waals surface area contributed by atoms with Gasteiger partial charge in [0.15, 0.2) is 0 Å². The molecule has 2 fully saturated rings. The summed E-state index contributed by atoms with van der Waals surface area (Å²) in [6.07, 6.45) is 5.99. The van der Waals surface area contributed by atoms with Crippen LogP contribution in [0.1, 0.15) is 32.1 Å². The van der Waals surface area contributed by atoms with Crippen molar-refractivity contribution in [3.63, 3.8) is 0 Å². The first-order valence-electron chi connectivity index (χ1n) is 6.69. The van der Waals surface area contributed by atoms with Crippen molar-refractivity contribution in [2.45, 2.75) is 38.2 Å². The van der Waals surface area contributed by atoms with Gasteiger partial charge in [0.25, 0.3) is 0 Å². The van der Waals surface area contributed by atoms with Gasteiger partial charge in [-0.3, -0.25) is 0 Å². The molecule has 1 aliphatic heterocycles. The number of piperidine rings is 1. The Kier molecular flexibility index (Phi) is 4.62. The standard InChI is InChI=1S/C13H25NO2/c1-16-10-11-4-3-7-14(8-11)9-12-5-2-6-13(12)15/h11-13,15H,2-10H2,1H3. The first kappa shape index (κ1) is 12.3. The fourth-order valence-corrected chi connectivity index (χ4v) is 3.25. The summed E-state index contributed by atoms with van der Waals surface area (Å²) in [4.78, 5) is 2.53. The lowest BCUT2D eigenvalue weighted by Gasteiger charge is -2.34. The molecule has 0 aromatic heterocycles. The molecule has 1 saturated heterocycles. The van der Waals surface area contributed by atoms with Crippen molar-refractivity contribution in [1.82, 2.24) is 4.90 Å². The molecule has 0 spiro atoms. The smallest absolute Gasteiger partial charge is 0.0580 e. The van der Waals surface area contributed by atoms with Crippen LogP contribution in [0.5, 0.6) is 0 Å². The molecule has 1 heterocycles. The summed E-state index contributed by atoms with van der Waals surface area (Å²) in [6.45, 7) is 4.37. The van der Waals surface area contributed by atoms with Gasteiger partial charge >= 0.3 is 0 Å². The van der Waals surface area contributed by atoms with Crippen molar-refractivity contribution in [1.29, 1.82) is 0 Å². The van der Waals surface area contributed by atoms with Gasteiger partial charge in [-0.2, -0.15) is 0 Å². The van der Waals surface area contributed by atoms with Gasteiger partial charge < -0.3 is 14.7 Å². The molecule has 2 aliphatic rings. The van der Waals surface area contributed by atoms with Crippen LogP contribution >= 0.6 is 0 Å². The third-order valence-electron chi connectivity index (χ3n) is 4.12. The molecule has 94 valence electrons. The van der Waals surface area contributed by atoms with Crippen LogP contribution in [-0.4, -0.2) is 49.5 Å². The van der Waals surface area contributed by atoms with E-state index in [4.69, 9.17) is 4.74 Å². The Labute approximate surface area is 98.8 Å². The minimum absolute atomic E-state index is 0.0391. The number of nitrogens with zero attached hydrogens (tertiary/aromatic N) is 1. The minimum Gasteiger partial charge on any atom is -0.393 e. The van der Waals surface area contributed by atoms with E-state index in [1.165, 1.54) is 32.2 Å². The molecule has 1 saturated carbocycles. The van der Waals surface area contributed by atoms with E-state index in [-0.39, 0.29) is 6.10 Å². The highest BCUT2D eigenvalue weighted by molar-refractivity contribution is 4.82. The molecule has 3 nitrogen and oxygen atoms in total. The van der Waals surface area contributed by atoms with Crippen LogP contribution in [-0.2, 0) is 4.74 Å². The van der Waals surface area contributed by atoms with Crippen molar-refractivity contribution in [3.05, 3.63) is 0 Å². The molecule has 3 atom stereocenters. The second-order valence-corrected chi connectivity index (χ2v) is 5.48. The van der Waals surface area contributed by atoms with Crippen molar-refractivity contribution < 1.29 is 9.84 Å². The molecule has 0 amide bonds. The van der Waals surface area contributed by atoms with E-state index >= 15 is 0 Å². The molecule has 1 aliphatic carbocycles. The van der Waals surface area contributed by atoms with Crippen LogP contribution in [0, 0.1) is 11.8 Å². The van der Waals surface area contributed by atoms with E-state index in [1.54, 1.807) is 7.11 Å². The van der Waals surface area contributed by atoms with E-state index in [1.807, 2.05) is 0 Å². The maximum atomic E-state index is 9.84. The van der Waals surface area contributed by atoms with Crippen LogP contribution in [0.3, 0.4) is 0 Å². The maximum Gasteiger partial charge on any atom is 0.0580 e. The highest BCUT2D eigenvalue weighted by atomic mass is 16.5. The topological polar surface area (TPSA) is 32.7 Å². The van der Waals surface area contributed by atoms with Crippen LogP contribution in [0.25, 0.3) is 0 Å². The summed E-state index contributed by atoms with van der Waals surface area (Å²) >= 11 is 0. The van der Waals surface area contributed by atoms with E-state index in [2.05, 4.69) is 4.90 Å². The van der Waals surface area contributed by atoms with Gasteiger partial charge in [0.1, 0.15) is 0 Å². The zero-order valence-corrected chi connectivity index (χ0v) is 10.4. The number of hydrogen-bond acceptors (Lipinski definition) is 3. The summed E-state index contributed by atoms with van der Waals surface area (Å²) in [5, 5.41) is 9.84. The van der Waals surface area contributed by atoms with Gasteiger partial charge in [0.2, 0.25) is 0 Å². The second kappa shape index (κ2) is 5.99. The molecule has 3 unspecified atom stereocenters. The maximum absolute atomic E-state index is 9.84. The minimum atomic E-state index is -0.0391. The van der Waals surface area contributed by atoms with Gasteiger partial charge in [-0.15, -0.1) is 0 Å². The number of aliphatic hydroxyl groups excluding tert-OH is 1. The highest BCUT2D eigenvalue weighted by Gasteiger charge is 2.29. The van der Waals surface area contributed by atoms with Crippen LogP contribution in [0.4, 0.5) is 0 Å². The lowest BCUT2D eigenvalue weighted by atomic mass is 9.97. The van der Waals surface area contributed by atoms with E-state index in [9.17, 15) is 5.11 Å². The Morgan fingerprint density at radius 1 is 1.25 bits per heavy atom. The molecule has 16 heavy (non-hydrogen) atoms. The quantitative estimate of drug-likeness (QED) is 0.790. The fraction of sp³-hybridized carbons (Fsp3) is 1.00. The first-order chi connectivity index (χ1) is 7.79. The molecule has 0 aromatic rings. The molecular weight excluding hydrogens is 202 g/mol.